The number of terminal acetylenes is 3. The maximum atomic E-state index is 13.5. The Balaban J connectivity index is 6.21. The molecule has 0 aromatic carbocycles. The number of carbonyl (C=O) groups is 4. The van der Waals surface area contributed by atoms with Crippen molar-refractivity contribution >= 4 is 23.9 Å². The highest BCUT2D eigenvalue weighted by Gasteiger charge is 2.49. The van der Waals surface area contributed by atoms with Gasteiger partial charge in [0.05, 0.1) is 12.8 Å². The van der Waals surface area contributed by atoms with E-state index in [0.29, 0.717) is 0 Å². The van der Waals surface area contributed by atoms with Gasteiger partial charge in [-0.1, -0.05) is 0 Å². The van der Waals surface area contributed by atoms with Crippen molar-refractivity contribution in [3.8, 4) is 499 Å². The fourth-order valence-corrected chi connectivity index (χ4v) is 3.81. The Hall–Kier alpha value is -20.6. The summed E-state index contributed by atoms with van der Waals surface area (Å²) in [4.78, 5) is 51.8. The van der Waals surface area contributed by atoms with E-state index >= 15 is 0 Å². The zero-order chi connectivity index (χ0) is 72.3. The Morgan fingerprint density at radius 1 is 0.210 bits per heavy atom. The molecule has 0 spiro atoms. The normalized spacial score (nSPS) is 5.14. The molecule has 0 unspecified atom stereocenters. The van der Waals surface area contributed by atoms with E-state index in [2.05, 4.69) is 462 Å². The lowest BCUT2D eigenvalue weighted by Gasteiger charge is -2.27. The van der Waals surface area contributed by atoms with Gasteiger partial charge in [-0.2, -0.15) is 0 Å². The van der Waals surface area contributed by atoms with Crippen LogP contribution < -0.4 is 0 Å². The van der Waals surface area contributed by atoms with Gasteiger partial charge in [0.1, 0.15) is 18.3 Å². The summed E-state index contributed by atoms with van der Waals surface area (Å²) in [7, 11) is 0. The van der Waals surface area contributed by atoms with E-state index in [1.165, 1.54) is 0 Å². The number of hydrogen-bond donors (Lipinski definition) is 0. The zero-order valence-corrected chi connectivity index (χ0v) is 50.4. The van der Waals surface area contributed by atoms with Gasteiger partial charge in [0.15, 0.2) is 0 Å². The highest BCUT2D eigenvalue weighted by molar-refractivity contribution is 5.93. The standard InChI is InChI=1S/C92H10O8/c1-5-8-11-14-17-20-23-26-29-32-35-38-41-44-47-50-53-56-59-62-65-68-71-74-77-80-83-97-89(94)86-92(100-88(4)93,91(96)99-85-82-79-76-73-70-67-64-61-58-55-52-49-46-43-40-37-34-31-28-25-22-19-16-13-10-7-3)87-90(95)98-84-81-78-75-72-69-66-63-60-57-54-51-48-45-42-39-36-33-30-27-24-21-18-15-12-9-6-2/h1-3H,86-87H2,4H3. The van der Waals surface area contributed by atoms with Crippen molar-refractivity contribution in [2.45, 2.75) is 25.4 Å². The van der Waals surface area contributed by atoms with E-state index < -0.39 is 42.3 Å². The molecule has 8 nitrogen and oxygen atoms in total. The first-order valence-electron chi connectivity index (χ1n) is 25.0. The van der Waals surface area contributed by atoms with Gasteiger partial charge in [-0.3, -0.25) is 14.4 Å². The van der Waals surface area contributed by atoms with Gasteiger partial charge in [-0.25, -0.2) is 4.79 Å². The summed E-state index contributed by atoms with van der Waals surface area (Å²) in [6.45, 7) is 0.863. The summed E-state index contributed by atoms with van der Waals surface area (Å²) in [6.07, 6.45) is 18.4. The summed E-state index contributed by atoms with van der Waals surface area (Å²) in [5.74, 6) is 181. The molecule has 426 valence electrons. The van der Waals surface area contributed by atoms with E-state index in [1.54, 1.807) is 0 Å². The molecular formula is C92H10O8. The molecule has 0 radical (unpaired) electrons. The second-order valence-corrected chi connectivity index (χ2v) is 13.4. The van der Waals surface area contributed by atoms with Crippen LogP contribution in [0.1, 0.15) is 19.8 Å². The molecular weight excluding hydrogens is 1230 g/mol. The van der Waals surface area contributed by atoms with Gasteiger partial charge in [-0.15, -0.1) is 19.3 Å². The lowest BCUT2D eigenvalue weighted by molar-refractivity contribution is -0.184. The van der Waals surface area contributed by atoms with Crippen molar-refractivity contribution < 1.29 is 38.1 Å². The maximum absolute atomic E-state index is 13.5. The van der Waals surface area contributed by atoms with E-state index in [9.17, 15) is 19.2 Å². The number of carbonyl (C=O) groups excluding carboxylic acids is 4. The summed E-state index contributed by atoms with van der Waals surface area (Å²) in [5.41, 5.74) is -2.77. The molecule has 8 heteroatoms. The SMILES string of the molecule is C#CC#CC#CC#CC#CC#CC#CC#CC#CC#CC#CC#CC#CC#COC(=O)CC(CC(=O)OC#CC#CC#CC#CC#CC#CC#CC#CC#CC#CC#CC#CC#CC#C)(OC(C)=O)C(=O)OC#CC#CC#CC#CC#CC#CC#CC#CC#CC#CC#CC#CC#CC#C. The minimum absolute atomic E-state index is 0.863. The van der Waals surface area contributed by atoms with Crippen LogP contribution in [-0.4, -0.2) is 29.5 Å². The van der Waals surface area contributed by atoms with Crippen LogP contribution in [0.4, 0.5) is 0 Å². The summed E-state index contributed by atoms with van der Waals surface area (Å²) in [6, 6.07) is 0. The molecule has 0 aliphatic heterocycles. The lowest BCUT2D eigenvalue weighted by atomic mass is 9.95. The van der Waals surface area contributed by atoms with Gasteiger partial charge in [0, 0.05) is 327 Å². The molecule has 0 fully saturated rings. The van der Waals surface area contributed by atoms with Crippen LogP contribution >= 0.6 is 0 Å². The predicted molar refractivity (Wildman–Crippen MR) is 372 cm³/mol. The second kappa shape index (κ2) is 65.9. The molecule has 0 aliphatic rings. The third kappa shape index (κ3) is 59.1. The van der Waals surface area contributed by atoms with Crippen molar-refractivity contribution in [3.63, 3.8) is 0 Å². The average Bonchev–Trinajstić information content (AvgIpc) is 0.817. The largest absolute Gasteiger partial charge is 0.446 e. The topological polar surface area (TPSA) is 105 Å². The molecule has 0 aliphatic carbocycles. The van der Waals surface area contributed by atoms with E-state index in [4.69, 9.17) is 38.2 Å². The van der Waals surface area contributed by atoms with Gasteiger partial charge in [0.25, 0.3) is 0 Å². The van der Waals surface area contributed by atoms with Crippen molar-refractivity contribution in [2.24, 2.45) is 0 Å². The average molecular weight is 1240 g/mol. The first kappa shape index (κ1) is 79.4. The van der Waals surface area contributed by atoms with Crippen LogP contribution in [0.5, 0.6) is 0 Å². The van der Waals surface area contributed by atoms with Crippen molar-refractivity contribution in [1.82, 2.24) is 0 Å². The highest BCUT2D eigenvalue weighted by Crippen LogP contribution is 2.25. The lowest BCUT2D eigenvalue weighted by Crippen LogP contribution is -2.47. The Bertz CT molecular complexity index is 6190. The maximum Gasteiger partial charge on any atom is 0.365 e. The van der Waals surface area contributed by atoms with E-state index in [-0.39, 0.29) is 0 Å². The molecule has 0 aromatic heterocycles. The minimum atomic E-state index is -2.77. The Labute approximate surface area is 583 Å². The van der Waals surface area contributed by atoms with Crippen molar-refractivity contribution in [1.29, 1.82) is 0 Å². The van der Waals surface area contributed by atoms with Crippen LogP contribution in [0.2, 0.25) is 0 Å². The molecule has 100 heavy (non-hydrogen) atoms. The smallest absolute Gasteiger partial charge is 0.365 e. The van der Waals surface area contributed by atoms with Crippen molar-refractivity contribution in [2.75, 3.05) is 0 Å². The number of ether oxygens (including phenoxy) is 4. The van der Waals surface area contributed by atoms with Crippen LogP contribution in [0.15, 0.2) is 0 Å². The summed E-state index contributed by atoms with van der Waals surface area (Å²) >= 11 is 0. The van der Waals surface area contributed by atoms with Gasteiger partial charge >= 0.3 is 23.9 Å². The minimum Gasteiger partial charge on any atom is -0.446 e. The highest BCUT2D eigenvalue weighted by atomic mass is 16.6. The molecule has 0 heterocycles. The number of hydrogen-bond acceptors (Lipinski definition) is 8. The first-order chi connectivity index (χ1) is 49.3. The number of esters is 4. The van der Waals surface area contributed by atoms with Crippen LogP contribution in [0.3, 0.4) is 0 Å². The zero-order valence-electron chi connectivity index (χ0n) is 50.4. The van der Waals surface area contributed by atoms with Gasteiger partial charge < -0.3 is 18.9 Å². The molecule has 0 atom stereocenters. The van der Waals surface area contributed by atoms with Crippen molar-refractivity contribution in [3.05, 3.63) is 0 Å². The Morgan fingerprint density at radius 3 is 0.480 bits per heavy atom. The summed E-state index contributed by atoms with van der Waals surface area (Å²) in [5, 5.41) is 0. The summed E-state index contributed by atoms with van der Waals surface area (Å²) < 4.78 is 19.7. The number of rotatable bonds is 6. The van der Waals surface area contributed by atoms with E-state index in [0.717, 1.165) is 6.92 Å². The second-order valence-electron chi connectivity index (χ2n) is 13.4. The Morgan fingerprint density at radius 2 is 0.340 bits per heavy atom. The third-order valence-corrected chi connectivity index (χ3v) is 6.91. The Kier molecular flexibility index (Phi) is 52.4. The molecule has 0 saturated carbocycles. The monoisotopic (exact) mass is 1240 g/mol. The first-order valence-corrected chi connectivity index (χ1v) is 25.0. The van der Waals surface area contributed by atoms with Crippen LogP contribution in [0.25, 0.3) is 0 Å². The fourth-order valence-electron chi connectivity index (χ4n) is 3.81. The molecule has 0 saturated heterocycles. The molecule has 0 aromatic rings. The molecule has 0 bridgehead atoms. The van der Waals surface area contributed by atoms with E-state index in [1.807, 2.05) is 18.3 Å². The molecule has 0 amide bonds. The predicted octanol–water partition coefficient (Wildman–Crippen LogP) is -0.397. The third-order valence-electron chi connectivity index (χ3n) is 6.91. The van der Waals surface area contributed by atoms with Gasteiger partial charge in [0.2, 0.25) is 5.60 Å². The van der Waals surface area contributed by atoms with Crippen LogP contribution in [-0.2, 0) is 38.1 Å². The molecule has 0 rings (SSSR count). The van der Waals surface area contributed by atoms with Crippen LogP contribution in [0, 0.1) is 499 Å². The molecule has 0 N–H and O–H groups in total. The van der Waals surface area contributed by atoms with Gasteiger partial charge in [-0.05, 0) is 142 Å². The quantitative estimate of drug-likeness (QED) is 0.202. The fraction of sp³-hybridized carbons (Fsp3) is 0.0435.